The molecule has 0 amide bonds. The zero-order valence-electron chi connectivity index (χ0n) is 14.1. The molecule has 3 aromatic carbocycles. The van der Waals surface area contributed by atoms with Crippen molar-refractivity contribution in [2.75, 3.05) is 0 Å². The van der Waals surface area contributed by atoms with E-state index in [2.05, 4.69) is 12.1 Å². The van der Waals surface area contributed by atoms with Crippen molar-refractivity contribution in [3.8, 4) is 23.6 Å². The molecule has 3 aromatic rings. The van der Waals surface area contributed by atoms with Gasteiger partial charge >= 0.3 is 0 Å². The largest absolute Gasteiger partial charge is 0.489 e. The molecule has 0 atom stereocenters. The summed E-state index contributed by atoms with van der Waals surface area (Å²) in [5.74, 6) is 1.35. The molecule has 0 bridgehead atoms. The Bertz CT molecular complexity index is 886. The molecule has 0 heterocycles. The highest BCUT2D eigenvalue weighted by Crippen LogP contribution is 2.17. The van der Waals surface area contributed by atoms with Crippen LogP contribution in [-0.2, 0) is 13.2 Å². The average Bonchev–Trinajstić information content (AvgIpc) is 2.72. The molecule has 0 N–H and O–H groups in total. The van der Waals surface area contributed by atoms with Crippen molar-refractivity contribution >= 4 is 0 Å². The van der Waals surface area contributed by atoms with E-state index in [0.717, 1.165) is 11.1 Å². The lowest BCUT2D eigenvalue weighted by molar-refractivity contribution is 0.302. The van der Waals surface area contributed by atoms with Gasteiger partial charge in [-0.15, -0.1) is 0 Å². The fourth-order valence-electron chi connectivity index (χ4n) is 2.38. The standard InChI is InChI=1S/C22H16N2O2/c23-13-19-3-1-5-21(11-19)25-15-17-7-9-18(10-8-17)16-26-22-6-2-4-20(12-22)14-24/h1-12H,15-16H2. The molecular formula is C22H16N2O2. The van der Waals surface area contributed by atoms with Crippen LogP contribution in [0.5, 0.6) is 11.5 Å². The normalized spacial score (nSPS) is 9.77. The first-order valence-corrected chi connectivity index (χ1v) is 8.10. The minimum atomic E-state index is 0.431. The quantitative estimate of drug-likeness (QED) is 0.658. The van der Waals surface area contributed by atoms with Crippen molar-refractivity contribution in [1.82, 2.24) is 0 Å². The molecule has 0 aliphatic rings. The second kappa shape index (κ2) is 8.37. The molecule has 0 fully saturated rings. The first kappa shape index (κ1) is 17.1. The highest BCUT2D eigenvalue weighted by Gasteiger charge is 2.01. The molecule has 0 saturated heterocycles. The van der Waals surface area contributed by atoms with E-state index in [4.69, 9.17) is 20.0 Å². The Kier molecular flexibility index (Phi) is 5.50. The van der Waals surface area contributed by atoms with Gasteiger partial charge in [0, 0.05) is 0 Å². The lowest BCUT2D eigenvalue weighted by Gasteiger charge is -2.09. The molecule has 26 heavy (non-hydrogen) atoms. The van der Waals surface area contributed by atoms with Gasteiger partial charge in [-0.25, -0.2) is 0 Å². The minimum Gasteiger partial charge on any atom is -0.489 e. The van der Waals surface area contributed by atoms with Crippen LogP contribution < -0.4 is 9.47 Å². The third kappa shape index (κ3) is 4.63. The van der Waals surface area contributed by atoms with Crippen molar-refractivity contribution in [2.24, 2.45) is 0 Å². The van der Waals surface area contributed by atoms with E-state index in [1.54, 1.807) is 36.4 Å². The Balaban J connectivity index is 1.54. The molecular weight excluding hydrogens is 324 g/mol. The van der Waals surface area contributed by atoms with Gasteiger partial charge < -0.3 is 9.47 Å². The van der Waals surface area contributed by atoms with Crippen molar-refractivity contribution in [3.05, 3.63) is 95.1 Å². The number of benzene rings is 3. The maximum absolute atomic E-state index is 8.91. The van der Waals surface area contributed by atoms with Crippen molar-refractivity contribution in [3.63, 3.8) is 0 Å². The zero-order chi connectivity index (χ0) is 18.2. The van der Waals surface area contributed by atoms with E-state index >= 15 is 0 Å². The second-order valence-electron chi connectivity index (χ2n) is 5.67. The topological polar surface area (TPSA) is 66.0 Å². The van der Waals surface area contributed by atoms with E-state index < -0.39 is 0 Å². The summed E-state index contributed by atoms with van der Waals surface area (Å²) in [6.45, 7) is 0.862. The maximum Gasteiger partial charge on any atom is 0.121 e. The number of rotatable bonds is 6. The zero-order valence-corrected chi connectivity index (χ0v) is 14.1. The summed E-state index contributed by atoms with van der Waals surface area (Å²) in [7, 11) is 0. The highest BCUT2D eigenvalue weighted by molar-refractivity contribution is 5.37. The number of hydrogen-bond acceptors (Lipinski definition) is 4. The molecule has 4 heteroatoms. The summed E-state index contributed by atoms with van der Waals surface area (Å²) in [6, 6.07) is 26.3. The Labute approximate surface area is 152 Å². The van der Waals surface area contributed by atoms with Gasteiger partial charge in [-0.05, 0) is 47.5 Å². The summed E-state index contributed by atoms with van der Waals surface area (Å²) in [5.41, 5.74) is 3.22. The lowest BCUT2D eigenvalue weighted by Crippen LogP contribution is -1.98. The van der Waals surface area contributed by atoms with Crippen LogP contribution in [-0.4, -0.2) is 0 Å². The smallest absolute Gasteiger partial charge is 0.121 e. The summed E-state index contributed by atoms with van der Waals surface area (Å²) >= 11 is 0. The van der Waals surface area contributed by atoms with Crippen molar-refractivity contribution in [2.45, 2.75) is 13.2 Å². The molecule has 0 radical (unpaired) electrons. The van der Waals surface area contributed by atoms with Crippen LogP contribution in [0.1, 0.15) is 22.3 Å². The SMILES string of the molecule is N#Cc1cccc(OCc2ccc(COc3cccc(C#N)c3)cc2)c1. The van der Waals surface area contributed by atoms with Crippen molar-refractivity contribution in [1.29, 1.82) is 10.5 Å². The van der Waals surface area contributed by atoms with Gasteiger partial charge in [-0.3, -0.25) is 0 Å². The number of nitrogens with zero attached hydrogens (tertiary/aromatic N) is 2. The van der Waals surface area contributed by atoms with Crippen LogP contribution in [0.2, 0.25) is 0 Å². The molecule has 0 aromatic heterocycles. The third-order valence-electron chi connectivity index (χ3n) is 3.76. The van der Waals surface area contributed by atoms with Gasteiger partial charge in [0.25, 0.3) is 0 Å². The van der Waals surface area contributed by atoms with Crippen LogP contribution in [0.3, 0.4) is 0 Å². The van der Waals surface area contributed by atoms with Gasteiger partial charge in [0.2, 0.25) is 0 Å². The minimum absolute atomic E-state index is 0.431. The van der Waals surface area contributed by atoms with Gasteiger partial charge in [-0.1, -0.05) is 36.4 Å². The molecule has 0 spiro atoms. The fraction of sp³-hybridized carbons (Fsp3) is 0.0909. The van der Waals surface area contributed by atoms with Crippen LogP contribution in [0.4, 0.5) is 0 Å². The first-order valence-electron chi connectivity index (χ1n) is 8.10. The predicted octanol–water partition coefficient (Wildman–Crippen LogP) is 4.59. The van der Waals surface area contributed by atoms with E-state index in [9.17, 15) is 0 Å². The summed E-state index contributed by atoms with van der Waals surface area (Å²) in [4.78, 5) is 0. The number of hydrogen-bond donors (Lipinski definition) is 0. The summed E-state index contributed by atoms with van der Waals surface area (Å²) in [6.07, 6.45) is 0. The Morgan fingerprint density at radius 3 is 1.42 bits per heavy atom. The number of nitriles is 2. The second-order valence-corrected chi connectivity index (χ2v) is 5.67. The summed E-state index contributed by atoms with van der Waals surface area (Å²) in [5, 5.41) is 17.8. The van der Waals surface area contributed by atoms with Gasteiger partial charge in [-0.2, -0.15) is 10.5 Å². The fourth-order valence-corrected chi connectivity index (χ4v) is 2.38. The number of ether oxygens (including phenoxy) is 2. The van der Waals surface area contributed by atoms with Gasteiger partial charge in [0.1, 0.15) is 24.7 Å². The molecule has 126 valence electrons. The van der Waals surface area contributed by atoms with Crippen LogP contribution in [0.25, 0.3) is 0 Å². The summed E-state index contributed by atoms with van der Waals surface area (Å²) < 4.78 is 11.4. The van der Waals surface area contributed by atoms with Crippen LogP contribution in [0, 0.1) is 22.7 Å². The van der Waals surface area contributed by atoms with Crippen LogP contribution >= 0.6 is 0 Å². The molecule has 4 nitrogen and oxygen atoms in total. The van der Waals surface area contributed by atoms with Crippen molar-refractivity contribution < 1.29 is 9.47 Å². The Morgan fingerprint density at radius 2 is 1.04 bits per heavy atom. The monoisotopic (exact) mass is 340 g/mol. The third-order valence-corrected chi connectivity index (χ3v) is 3.76. The van der Waals surface area contributed by atoms with E-state index in [0.29, 0.717) is 35.8 Å². The van der Waals surface area contributed by atoms with E-state index in [-0.39, 0.29) is 0 Å². The Hall–Kier alpha value is -3.76. The van der Waals surface area contributed by atoms with Gasteiger partial charge in [0.15, 0.2) is 0 Å². The maximum atomic E-state index is 8.91. The van der Waals surface area contributed by atoms with Crippen LogP contribution in [0.15, 0.2) is 72.8 Å². The molecule has 0 aliphatic carbocycles. The van der Waals surface area contributed by atoms with Gasteiger partial charge in [0.05, 0.1) is 23.3 Å². The molecule has 3 rings (SSSR count). The Morgan fingerprint density at radius 1 is 0.615 bits per heavy atom. The highest BCUT2D eigenvalue weighted by atomic mass is 16.5. The molecule has 0 unspecified atom stereocenters. The molecule has 0 aliphatic heterocycles. The first-order chi connectivity index (χ1) is 12.8. The van der Waals surface area contributed by atoms with E-state index in [1.165, 1.54) is 0 Å². The lowest BCUT2D eigenvalue weighted by atomic mass is 10.1. The molecule has 0 saturated carbocycles. The predicted molar refractivity (Wildman–Crippen MR) is 97.4 cm³/mol. The van der Waals surface area contributed by atoms with E-state index in [1.807, 2.05) is 36.4 Å². The average molecular weight is 340 g/mol.